The number of pyridine rings is 1. The van der Waals surface area contributed by atoms with Gasteiger partial charge in [0.25, 0.3) is 5.91 Å². The Kier molecular flexibility index (Phi) is 4.88. The molecule has 0 saturated heterocycles. The standard InChI is InChI=1S/C16H15F3N2O2/c1-10-3-5-12(6-4-10)21-15(22)14-11(2)13(7-8-20-14)23-9-16(17,18)19/h3-8H,9H2,1-2H3,(H,21,22). The number of aryl methyl sites for hydroxylation is 1. The lowest BCUT2D eigenvalue weighted by Gasteiger charge is -2.13. The van der Waals surface area contributed by atoms with Crippen molar-refractivity contribution in [2.24, 2.45) is 0 Å². The Bertz CT molecular complexity index is 697. The molecule has 1 N–H and O–H groups in total. The predicted octanol–water partition coefficient (Wildman–Crippen LogP) is 3.89. The van der Waals surface area contributed by atoms with Gasteiger partial charge in [0.05, 0.1) is 0 Å². The molecule has 0 aliphatic heterocycles. The molecule has 0 saturated carbocycles. The summed E-state index contributed by atoms with van der Waals surface area (Å²) in [6.45, 7) is 1.98. The van der Waals surface area contributed by atoms with Crippen LogP contribution in [0.2, 0.25) is 0 Å². The van der Waals surface area contributed by atoms with Gasteiger partial charge in [-0.15, -0.1) is 0 Å². The van der Waals surface area contributed by atoms with Gasteiger partial charge in [-0.2, -0.15) is 13.2 Å². The molecule has 1 aromatic carbocycles. The molecule has 0 spiro atoms. The van der Waals surface area contributed by atoms with Gasteiger partial charge in [-0.1, -0.05) is 17.7 Å². The molecule has 0 atom stereocenters. The first kappa shape index (κ1) is 16.8. The highest BCUT2D eigenvalue weighted by Gasteiger charge is 2.29. The normalized spacial score (nSPS) is 11.2. The third-order valence-corrected chi connectivity index (χ3v) is 3.07. The van der Waals surface area contributed by atoms with Crippen molar-refractivity contribution in [3.63, 3.8) is 0 Å². The number of carbonyl (C=O) groups is 1. The average Bonchev–Trinajstić information content (AvgIpc) is 2.47. The van der Waals surface area contributed by atoms with E-state index in [0.29, 0.717) is 5.69 Å². The maximum atomic E-state index is 12.2. The van der Waals surface area contributed by atoms with Crippen LogP contribution >= 0.6 is 0 Å². The molecule has 1 aromatic heterocycles. The number of hydrogen-bond acceptors (Lipinski definition) is 3. The van der Waals surface area contributed by atoms with Crippen molar-refractivity contribution in [3.8, 4) is 5.75 Å². The minimum atomic E-state index is -4.44. The fraction of sp³-hybridized carbons (Fsp3) is 0.250. The molecule has 0 aliphatic rings. The van der Waals surface area contributed by atoms with E-state index in [-0.39, 0.29) is 17.0 Å². The van der Waals surface area contributed by atoms with Crippen LogP contribution in [0.3, 0.4) is 0 Å². The predicted molar refractivity (Wildman–Crippen MR) is 79.7 cm³/mol. The Labute approximate surface area is 131 Å². The summed E-state index contributed by atoms with van der Waals surface area (Å²) in [5.41, 5.74) is 1.88. The number of benzene rings is 1. The number of ether oxygens (including phenoxy) is 1. The van der Waals surface area contributed by atoms with Crippen LogP contribution in [-0.2, 0) is 0 Å². The molecule has 0 aliphatic carbocycles. The number of anilines is 1. The number of alkyl halides is 3. The Hall–Kier alpha value is -2.57. The van der Waals surface area contributed by atoms with Crippen LogP contribution in [0.4, 0.5) is 18.9 Å². The molecule has 0 radical (unpaired) electrons. The van der Waals surface area contributed by atoms with Crippen molar-refractivity contribution in [1.82, 2.24) is 4.98 Å². The van der Waals surface area contributed by atoms with E-state index in [1.165, 1.54) is 19.2 Å². The van der Waals surface area contributed by atoms with Gasteiger partial charge in [-0.3, -0.25) is 9.78 Å². The van der Waals surface area contributed by atoms with Crippen molar-refractivity contribution in [1.29, 1.82) is 0 Å². The molecular weight excluding hydrogens is 309 g/mol. The lowest BCUT2D eigenvalue weighted by Crippen LogP contribution is -2.21. The lowest BCUT2D eigenvalue weighted by atomic mass is 10.1. The zero-order valence-corrected chi connectivity index (χ0v) is 12.6. The summed E-state index contributed by atoms with van der Waals surface area (Å²) < 4.78 is 41.4. The minimum absolute atomic E-state index is 0.0187. The molecule has 23 heavy (non-hydrogen) atoms. The van der Waals surface area contributed by atoms with E-state index < -0.39 is 18.7 Å². The molecule has 0 bridgehead atoms. The first-order valence-electron chi connectivity index (χ1n) is 6.79. The van der Waals surface area contributed by atoms with Crippen molar-refractivity contribution < 1.29 is 22.7 Å². The highest BCUT2D eigenvalue weighted by atomic mass is 19.4. The number of halogens is 3. The van der Waals surface area contributed by atoms with E-state index >= 15 is 0 Å². The van der Waals surface area contributed by atoms with Crippen molar-refractivity contribution in [2.75, 3.05) is 11.9 Å². The molecule has 122 valence electrons. The summed E-state index contributed by atoms with van der Waals surface area (Å²) in [6, 6.07) is 8.42. The highest BCUT2D eigenvalue weighted by Crippen LogP contribution is 2.23. The maximum Gasteiger partial charge on any atom is 0.422 e. The van der Waals surface area contributed by atoms with Crippen molar-refractivity contribution >= 4 is 11.6 Å². The van der Waals surface area contributed by atoms with Gasteiger partial charge >= 0.3 is 6.18 Å². The molecule has 2 rings (SSSR count). The number of nitrogens with one attached hydrogen (secondary N) is 1. The summed E-state index contributed by atoms with van der Waals surface area (Å²) >= 11 is 0. The smallest absolute Gasteiger partial charge is 0.422 e. The van der Waals surface area contributed by atoms with E-state index in [1.54, 1.807) is 12.1 Å². The SMILES string of the molecule is Cc1ccc(NC(=O)c2nccc(OCC(F)(F)F)c2C)cc1. The van der Waals surface area contributed by atoms with Gasteiger partial charge in [0.2, 0.25) is 0 Å². The van der Waals surface area contributed by atoms with Gasteiger partial charge in [0.1, 0.15) is 11.4 Å². The molecule has 1 amide bonds. The largest absolute Gasteiger partial charge is 0.484 e. The first-order chi connectivity index (χ1) is 10.8. The van der Waals surface area contributed by atoms with E-state index in [9.17, 15) is 18.0 Å². The fourth-order valence-corrected chi connectivity index (χ4v) is 1.89. The Morgan fingerprint density at radius 2 is 1.83 bits per heavy atom. The summed E-state index contributed by atoms with van der Waals surface area (Å²) in [4.78, 5) is 16.1. The molecule has 4 nitrogen and oxygen atoms in total. The van der Waals surface area contributed by atoms with E-state index in [0.717, 1.165) is 5.56 Å². The molecule has 1 heterocycles. The Morgan fingerprint density at radius 3 is 2.43 bits per heavy atom. The highest BCUT2D eigenvalue weighted by molar-refractivity contribution is 6.04. The Balaban J connectivity index is 2.15. The number of aromatic nitrogens is 1. The number of rotatable bonds is 4. The van der Waals surface area contributed by atoms with Crippen LogP contribution in [0.1, 0.15) is 21.6 Å². The molecule has 0 unspecified atom stereocenters. The monoisotopic (exact) mass is 324 g/mol. The number of amides is 1. The third-order valence-electron chi connectivity index (χ3n) is 3.07. The number of nitrogens with zero attached hydrogens (tertiary/aromatic N) is 1. The summed E-state index contributed by atoms with van der Waals surface area (Å²) in [7, 11) is 0. The zero-order valence-electron chi connectivity index (χ0n) is 12.6. The maximum absolute atomic E-state index is 12.2. The van der Waals surface area contributed by atoms with Crippen molar-refractivity contribution in [3.05, 3.63) is 53.3 Å². The van der Waals surface area contributed by atoms with E-state index in [4.69, 9.17) is 4.74 Å². The van der Waals surface area contributed by atoms with E-state index in [2.05, 4.69) is 10.3 Å². The second-order valence-electron chi connectivity index (χ2n) is 5.01. The van der Waals surface area contributed by atoms with Gasteiger partial charge in [-0.05, 0) is 32.0 Å². The van der Waals surface area contributed by atoms with Crippen LogP contribution in [0.25, 0.3) is 0 Å². The van der Waals surface area contributed by atoms with Crippen LogP contribution in [0.15, 0.2) is 36.5 Å². The van der Waals surface area contributed by atoms with Crippen LogP contribution in [0.5, 0.6) is 5.75 Å². The molecule has 7 heteroatoms. The second kappa shape index (κ2) is 6.68. The number of carbonyl (C=O) groups excluding carboxylic acids is 1. The minimum Gasteiger partial charge on any atom is -0.484 e. The summed E-state index contributed by atoms with van der Waals surface area (Å²) in [5, 5.41) is 2.65. The summed E-state index contributed by atoms with van der Waals surface area (Å²) in [6.07, 6.45) is -3.21. The topological polar surface area (TPSA) is 51.2 Å². The fourth-order valence-electron chi connectivity index (χ4n) is 1.89. The number of hydrogen-bond donors (Lipinski definition) is 1. The van der Waals surface area contributed by atoms with E-state index in [1.807, 2.05) is 19.1 Å². The average molecular weight is 324 g/mol. The zero-order chi connectivity index (χ0) is 17.0. The quantitative estimate of drug-likeness (QED) is 0.928. The summed E-state index contributed by atoms with van der Waals surface area (Å²) in [5.74, 6) is -0.532. The van der Waals surface area contributed by atoms with Crippen LogP contribution in [0, 0.1) is 13.8 Å². The van der Waals surface area contributed by atoms with Gasteiger partial charge in [0, 0.05) is 17.4 Å². The third kappa shape index (κ3) is 4.70. The van der Waals surface area contributed by atoms with Gasteiger partial charge in [0.15, 0.2) is 6.61 Å². The van der Waals surface area contributed by atoms with Crippen LogP contribution < -0.4 is 10.1 Å². The van der Waals surface area contributed by atoms with Crippen molar-refractivity contribution in [2.45, 2.75) is 20.0 Å². The lowest BCUT2D eigenvalue weighted by molar-refractivity contribution is -0.153. The second-order valence-corrected chi connectivity index (χ2v) is 5.01. The van der Waals surface area contributed by atoms with Crippen LogP contribution in [-0.4, -0.2) is 23.7 Å². The molecule has 2 aromatic rings. The van der Waals surface area contributed by atoms with Gasteiger partial charge < -0.3 is 10.1 Å². The Morgan fingerprint density at radius 1 is 1.17 bits per heavy atom. The molecule has 0 fully saturated rings. The van der Waals surface area contributed by atoms with Gasteiger partial charge in [-0.25, -0.2) is 0 Å². The molecular formula is C16H15F3N2O2. The first-order valence-corrected chi connectivity index (χ1v) is 6.79.